The number of amides is 1. The number of benzene rings is 1. The molecule has 0 radical (unpaired) electrons. The lowest BCUT2D eigenvalue weighted by Crippen LogP contribution is -2.26. The molecule has 0 spiro atoms. The second-order valence-corrected chi connectivity index (χ2v) is 7.11. The highest BCUT2D eigenvalue weighted by atomic mass is 35.5. The fourth-order valence-electron chi connectivity index (χ4n) is 2.00. The Balaban J connectivity index is 1.75. The first-order valence-electron chi connectivity index (χ1n) is 6.63. The van der Waals surface area contributed by atoms with Crippen molar-refractivity contribution in [2.24, 2.45) is 0 Å². The van der Waals surface area contributed by atoms with Gasteiger partial charge in [-0.15, -0.1) is 22.7 Å². The number of halogens is 1. The number of carbonyl (C=O) groups is 1. The molecule has 1 amide bonds. The van der Waals surface area contributed by atoms with E-state index < -0.39 is 0 Å². The predicted molar refractivity (Wildman–Crippen MR) is 92.7 cm³/mol. The third-order valence-electron chi connectivity index (χ3n) is 3.13. The maximum atomic E-state index is 12.4. The molecule has 3 rings (SSSR count). The summed E-state index contributed by atoms with van der Waals surface area (Å²) < 4.78 is 0. The minimum Gasteiger partial charge on any atom is -0.335 e. The number of hydrogen-bond donors (Lipinski definition) is 0. The number of thiazole rings is 1. The number of rotatable bonds is 4. The van der Waals surface area contributed by atoms with Crippen LogP contribution >= 0.6 is 34.3 Å². The Bertz CT molecular complexity index is 766. The van der Waals surface area contributed by atoms with Gasteiger partial charge in [0.15, 0.2) is 0 Å². The zero-order valence-corrected chi connectivity index (χ0v) is 14.2. The Kier molecular flexibility index (Phi) is 4.57. The molecule has 0 aliphatic carbocycles. The second kappa shape index (κ2) is 6.60. The Labute approximate surface area is 141 Å². The molecule has 0 aliphatic rings. The normalized spacial score (nSPS) is 10.6. The van der Waals surface area contributed by atoms with Crippen LogP contribution in [0.15, 0.2) is 47.2 Å². The van der Waals surface area contributed by atoms with E-state index in [1.807, 2.05) is 41.8 Å². The van der Waals surface area contributed by atoms with Crippen molar-refractivity contribution in [3.05, 3.63) is 62.8 Å². The van der Waals surface area contributed by atoms with Gasteiger partial charge in [-0.2, -0.15) is 0 Å². The maximum Gasteiger partial charge on any atom is 0.273 e. The zero-order valence-electron chi connectivity index (χ0n) is 11.8. The molecule has 0 atom stereocenters. The minimum atomic E-state index is -0.0649. The van der Waals surface area contributed by atoms with Crippen molar-refractivity contribution < 1.29 is 4.79 Å². The van der Waals surface area contributed by atoms with Crippen LogP contribution in [0.25, 0.3) is 10.6 Å². The number of hydrogen-bond acceptors (Lipinski definition) is 4. The number of carbonyl (C=O) groups excluding carboxylic acids is 1. The van der Waals surface area contributed by atoms with E-state index in [0.717, 1.165) is 15.4 Å². The molecule has 3 aromatic rings. The third-order valence-corrected chi connectivity index (χ3v) is 5.14. The first kappa shape index (κ1) is 15.2. The van der Waals surface area contributed by atoms with E-state index in [0.29, 0.717) is 17.3 Å². The van der Waals surface area contributed by atoms with Gasteiger partial charge >= 0.3 is 0 Å². The monoisotopic (exact) mass is 348 g/mol. The van der Waals surface area contributed by atoms with E-state index >= 15 is 0 Å². The van der Waals surface area contributed by atoms with Crippen LogP contribution in [0.5, 0.6) is 0 Å². The van der Waals surface area contributed by atoms with Crippen LogP contribution in [0.4, 0.5) is 0 Å². The smallest absolute Gasteiger partial charge is 0.273 e. The molecule has 0 saturated carbocycles. The lowest BCUT2D eigenvalue weighted by Gasteiger charge is -2.14. The molecular weight excluding hydrogens is 336 g/mol. The van der Waals surface area contributed by atoms with Crippen LogP contribution in [0.3, 0.4) is 0 Å². The molecule has 112 valence electrons. The summed E-state index contributed by atoms with van der Waals surface area (Å²) in [5.74, 6) is -0.0649. The molecule has 2 aromatic heterocycles. The van der Waals surface area contributed by atoms with Crippen molar-refractivity contribution in [3.8, 4) is 10.6 Å². The lowest BCUT2D eigenvalue weighted by molar-refractivity contribution is 0.0781. The average Bonchev–Trinajstić information content (AvgIpc) is 3.18. The molecule has 0 bridgehead atoms. The lowest BCUT2D eigenvalue weighted by atomic mass is 10.2. The van der Waals surface area contributed by atoms with Crippen molar-refractivity contribution in [1.29, 1.82) is 0 Å². The molecule has 3 nitrogen and oxygen atoms in total. The maximum absolute atomic E-state index is 12.4. The van der Waals surface area contributed by atoms with Gasteiger partial charge in [0.25, 0.3) is 5.91 Å². The molecule has 0 N–H and O–H groups in total. The van der Waals surface area contributed by atoms with Crippen LogP contribution in [0, 0.1) is 0 Å². The van der Waals surface area contributed by atoms with Crippen molar-refractivity contribution in [3.63, 3.8) is 0 Å². The van der Waals surface area contributed by atoms with Gasteiger partial charge in [0.2, 0.25) is 0 Å². The average molecular weight is 349 g/mol. The van der Waals surface area contributed by atoms with Gasteiger partial charge in [-0.25, -0.2) is 4.98 Å². The molecule has 1 aromatic carbocycles. The Morgan fingerprint density at radius 3 is 2.68 bits per heavy atom. The summed E-state index contributed by atoms with van der Waals surface area (Å²) in [6.45, 7) is 0.601. The van der Waals surface area contributed by atoms with Crippen LogP contribution in [0.1, 0.15) is 15.4 Å². The summed E-state index contributed by atoms with van der Waals surface area (Å²) in [5, 5.41) is 5.32. The molecule has 0 aliphatic heterocycles. The minimum absolute atomic E-state index is 0.0649. The van der Waals surface area contributed by atoms with Gasteiger partial charge in [0, 0.05) is 27.9 Å². The van der Waals surface area contributed by atoms with Gasteiger partial charge in [-0.1, -0.05) is 29.8 Å². The van der Waals surface area contributed by atoms with Crippen molar-refractivity contribution >= 4 is 40.2 Å². The number of aromatic nitrogens is 1. The second-order valence-electron chi connectivity index (χ2n) is 4.79. The van der Waals surface area contributed by atoms with Crippen molar-refractivity contribution in [1.82, 2.24) is 9.88 Å². The van der Waals surface area contributed by atoms with E-state index in [9.17, 15) is 4.79 Å². The summed E-state index contributed by atoms with van der Waals surface area (Å²) >= 11 is 8.99. The fraction of sp³-hybridized carbons (Fsp3) is 0.125. The fourth-order valence-corrected chi connectivity index (χ4v) is 3.68. The van der Waals surface area contributed by atoms with E-state index in [1.165, 1.54) is 11.3 Å². The highest BCUT2D eigenvalue weighted by Crippen LogP contribution is 2.25. The topological polar surface area (TPSA) is 33.2 Å². The first-order chi connectivity index (χ1) is 10.6. The zero-order chi connectivity index (χ0) is 15.5. The summed E-state index contributed by atoms with van der Waals surface area (Å²) in [4.78, 5) is 19.7. The van der Waals surface area contributed by atoms with Gasteiger partial charge in [0.05, 0.1) is 6.54 Å². The predicted octanol–water partition coefficient (Wildman–Crippen LogP) is 4.80. The van der Waals surface area contributed by atoms with Crippen LogP contribution in [-0.4, -0.2) is 22.8 Å². The van der Waals surface area contributed by atoms with Crippen LogP contribution in [-0.2, 0) is 6.54 Å². The van der Waals surface area contributed by atoms with Gasteiger partial charge in [0.1, 0.15) is 10.7 Å². The molecular formula is C16H13ClN2OS2. The van der Waals surface area contributed by atoms with E-state index in [1.54, 1.807) is 28.7 Å². The Morgan fingerprint density at radius 1 is 1.23 bits per heavy atom. The van der Waals surface area contributed by atoms with Crippen molar-refractivity contribution in [2.45, 2.75) is 6.54 Å². The standard InChI is InChI=1S/C16H13ClN2OS2/c1-19(9-13-3-2-8-21-13)16(20)14-10-22-15(18-14)11-4-6-12(17)7-5-11/h2-8,10H,9H2,1H3. The molecule has 22 heavy (non-hydrogen) atoms. The molecule has 0 fully saturated rings. The van der Waals surface area contributed by atoms with Crippen LogP contribution in [0.2, 0.25) is 5.02 Å². The molecule has 2 heterocycles. The van der Waals surface area contributed by atoms with Crippen molar-refractivity contribution in [2.75, 3.05) is 7.05 Å². The highest BCUT2D eigenvalue weighted by molar-refractivity contribution is 7.13. The summed E-state index contributed by atoms with van der Waals surface area (Å²) in [5.41, 5.74) is 1.45. The first-order valence-corrected chi connectivity index (χ1v) is 8.76. The summed E-state index contributed by atoms with van der Waals surface area (Å²) in [6, 6.07) is 11.5. The van der Waals surface area contributed by atoms with E-state index in [-0.39, 0.29) is 5.91 Å². The van der Waals surface area contributed by atoms with Gasteiger partial charge < -0.3 is 4.90 Å². The van der Waals surface area contributed by atoms with Crippen LogP contribution < -0.4 is 0 Å². The van der Waals surface area contributed by atoms with Gasteiger partial charge in [-0.05, 0) is 23.6 Å². The van der Waals surface area contributed by atoms with E-state index in [2.05, 4.69) is 4.98 Å². The Hall–Kier alpha value is -1.69. The number of thiophene rings is 1. The SMILES string of the molecule is CN(Cc1cccs1)C(=O)c1csc(-c2ccc(Cl)cc2)n1. The van der Waals surface area contributed by atoms with Gasteiger partial charge in [-0.3, -0.25) is 4.79 Å². The van der Waals surface area contributed by atoms with E-state index in [4.69, 9.17) is 11.6 Å². The largest absolute Gasteiger partial charge is 0.335 e. The summed E-state index contributed by atoms with van der Waals surface area (Å²) in [7, 11) is 1.80. The molecule has 0 unspecified atom stereocenters. The quantitative estimate of drug-likeness (QED) is 0.678. The molecule has 0 saturated heterocycles. The highest BCUT2D eigenvalue weighted by Gasteiger charge is 2.16. The Morgan fingerprint density at radius 2 is 2.00 bits per heavy atom. The number of nitrogens with zero attached hydrogens (tertiary/aromatic N) is 2. The third kappa shape index (κ3) is 3.38. The summed E-state index contributed by atoms with van der Waals surface area (Å²) in [6.07, 6.45) is 0. The molecule has 6 heteroatoms.